The van der Waals surface area contributed by atoms with Crippen LogP contribution >= 0.6 is 0 Å². The van der Waals surface area contributed by atoms with Gasteiger partial charge in [-0.25, -0.2) is 19.2 Å². The summed E-state index contributed by atoms with van der Waals surface area (Å²) in [5.41, 5.74) is 3.74. The van der Waals surface area contributed by atoms with Crippen LogP contribution in [0.5, 0.6) is 0 Å². The number of likely N-dealkylation sites (tertiary alicyclic amines) is 1. The first-order valence-electron chi connectivity index (χ1n) is 18.4. The first kappa shape index (κ1) is 45.7. The largest absolute Gasteiger partial charge is 0.465 e. The standard InChI is InChI=1S/C22H27NO4.C22H25NO4.CH3.Pd/c2*1-22(2,3)27-21(25)23-12-10-15(11-13-23)18-7-5-6-16-14-17(20(24)26-4)8-9-19(16)18;;/h5-9,14-15H,10-13H2,1-4H3;5-10,14H,11-13H2,1-4H3;1H3;/q;;-1;. The van der Waals surface area contributed by atoms with Gasteiger partial charge in [0, 0.05) is 46.6 Å². The van der Waals surface area contributed by atoms with Crippen LogP contribution in [-0.2, 0) is 39.4 Å². The summed E-state index contributed by atoms with van der Waals surface area (Å²) in [6.07, 6.45) is 4.13. The number of nitrogens with zero attached hydrogens (tertiary/aromatic N) is 2. The fourth-order valence-corrected chi connectivity index (χ4v) is 6.82. The number of carbonyl (C=O) groups is 4. The molecule has 4 aromatic rings. The minimum Gasteiger partial charge on any atom is -0.465 e. The number of fused-ring (bicyclic) bond motifs is 2. The van der Waals surface area contributed by atoms with Gasteiger partial charge in [-0.2, -0.15) is 0 Å². The van der Waals surface area contributed by atoms with Crippen molar-refractivity contribution in [3.05, 3.63) is 109 Å². The van der Waals surface area contributed by atoms with Crippen LogP contribution in [0.1, 0.15) is 98.6 Å². The zero-order valence-corrected chi connectivity index (χ0v) is 35.6. The molecule has 4 aromatic carbocycles. The molecule has 0 saturated carbocycles. The zero-order chi connectivity index (χ0) is 39.2. The third-order valence-electron chi connectivity index (χ3n) is 9.43. The van der Waals surface area contributed by atoms with Crippen molar-refractivity contribution in [2.24, 2.45) is 0 Å². The van der Waals surface area contributed by atoms with Crippen molar-refractivity contribution in [3.8, 4) is 0 Å². The first-order chi connectivity index (χ1) is 25.6. The molecule has 1 saturated heterocycles. The summed E-state index contributed by atoms with van der Waals surface area (Å²) < 4.78 is 20.5. The summed E-state index contributed by atoms with van der Waals surface area (Å²) in [6, 6.07) is 23.5. The number of amides is 2. The molecule has 11 heteroatoms. The van der Waals surface area contributed by atoms with Crippen LogP contribution in [-0.4, -0.2) is 85.5 Å². The van der Waals surface area contributed by atoms with Crippen molar-refractivity contribution in [2.45, 2.75) is 77.9 Å². The monoisotopic (exact) mass is 857 g/mol. The molecule has 0 unspecified atom stereocenters. The molecule has 1 fully saturated rings. The van der Waals surface area contributed by atoms with Gasteiger partial charge in [0.25, 0.3) is 0 Å². The number of esters is 2. The predicted molar refractivity (Wildman–Crippen MR) is 217 cm³/mol. The van der Waals surface area contributed by atoms with Crippen molar-refractivity contribution in [2.75, 3.05) is 40.4 Å². The van der Waals surface area contributed by atoms with E-state index >= 15 is 0 Å². The zero-order valence-electron chi connectivity index (χ0n) is 34.0. The van der Waals surface area contributed by atoms with Gasteiger partial charge in [0.1, 0.15) is 11.2 Å². The smallest absolute Gasteiger partial charge is 0.410 e. The average molecular weight is 858 g/mol. The Kier molecular flexibility index (Phi) is 15.8. The van der Waals surface area contributed by atoms with Crippen molar-refractivity contribution in [3.63, 3.8) is 0 Å². The first-order valence-corrected chi connectivity index (χ1v) is 18.4. The molecule has 56 heavy (non-hydrogen) atoms. The van der Waals surface area contributed by atoms with E-state index < -0.39 is 11.2 Å². The number of methoxy groups -OCH3 is 2. The number of ether oxygens (including phenoxy) is 4. The van der Waals surface area contributed by atoms with Crippen molar-refractivity contribution in [1.82, 2.24) is 9.80 Å². The van der Waals surface area contributed by atoms with Gasteiger partial charge >= 0.3 is 24.1 Å². The Morgan fingerprint density at radius 2 is 1.14 bits per heavy atom. The number of benzene rings is 4. The Hall–Kier alpha value is -4.72. The number of carbonyl (C=O) groups excluding carboxylic acids is 4. The molecule has 304 valence electrons. The Labute approximate surface area is 345 Å². The Bertz CT molecular complexity index is 2060. The van der Waals surface area contributed by atoms with Gasteiger partial charge in [0.15, 0.2) is 0 Å². The SMILES string of the molecule is COC(=O)c1ccc2c(C3=CCN(C(=O)OC(C)(C)C)CC3)cccc2c1.COC(=O)c1ccc2c(C3CCN(C(=O)OC(C)(C)C)CC3)cccc2c1.[CH3-].[Pd]. The Morgan fingerprint density at radius 3 is 1.64 bits per heavy atom. The van der Waals surface area contributed by atoms with Crippen molar-refractivity contribution >= 4 is 51.2 Å². The normalized spacial score (nSPS) is 14.6. The van der Waals surface area contributed by atoms with Gasteiger partial charge in [-0.1, -0.05) is 54.6 Å². The van der Waals surface area contributed by atoms with Crippen LogP contribution in [0.25, 0.3) is 27.1 Å². The summed E-state index contributed by atoms with van der Waals surface area (Å²) >= 11 is 0. The maximum Gasteiger partial charge on any atom is 0.410 e. The fraction of sp³-hybridized carbons (Fsp3) is 0.400. The predicted octanol–water partition coefficient (Wildman–Crippen LogP) is 9.84. The van der Waals surface area contributed by atoms with E-state index in [1.54, 1.807) is 15.9 Å². The quantitative estimate of drug-likeness (QED) is 0.0864. The topological polar surface area (TPSA) is 112 Å². The van der Waals surface area contributed by atoms with E-state index in [9.17, 15) is 19.2 Å². The van der Waals surface area contributed by atoms with E-state index in [2.05, 4.69) is 18.2 Å². The van der Waals surface area contributed by atoms with Crippen LogP contribution < -0.4 is 0 Å². The molecule has 2 aliphatic heterocycles. The molecule has 6 rings (SSSR count). The second-order valence-electron chi connectivity index (χ2n) is 15.7. The maximum atomic E-state index is 12.3. The molecule has 0 N–H and O–H groups in total. The summed E-state index contributed by atoms with van der Waals surface area (Å²) in [7, 11) is 2.77. The molecule has 0 atom stereocenters. The fourth-order valence-electron chi connectivity index (χ4n) is 6.82. The van der Waals surface area contributed by atoms with Crippen LogP contribution in [0.3, 0.4) is 0 Å². The third kappa shape index (κ3) is 11.7. The number of rotatable bonds is 4. The van der Waals surface area contributed by atoms with Gasteiger partial charge in [0.05, 0.1) is 25.3 Å². The van der Waals surface area contributed by atoms with E-state index in [1.165, 1.54) is 25.4 Å². The molecule has 2 heterocycles. The second kappa shape index (κ2) is 19.4. The molecule has 2 amide bonds. The summed E-state index contributed by atoms with van der Waals surface area (Å²) in [5, 5.41) is 4.26. The van der Waals surface area contributed by atoms with Crippen LogP contribution in [0.4, 0.5) is 9.59 Å². The van der Waals surface area contributed by atoms with Crippen LogP contribution in [0.15, 0.2) is 78.9 Å². The van der Waals surface area contributed by atoms with Gasteiger partial charge in [-0.05, 0) is 129 Å². The minimum absolute atomic E-state index is 0. The van der Waals surface area contributed by atoms with E-state index in [-0.39, 0.29) is 52.0 Å². The third-order valence-corrected chi connectivity index (χ3v) is 9.43. The molecule has 0 bridgehead atoms. The Balaban J connectivity index is 0.000000290. The van der Waals surface area contributed by atoms with Crippen LogP contribution in [0, 0.1) is 7.43 Å². The number of hydrogen-bond acceptors (Lipinski definition) is 8. The summed E-state index contributed by atoms with van der Waals surface area (Å²) in [4.78, 5) is 51.5. The molecule has 0 radical (unpaired) electrons. The molecule has 2 aliphatic rings. The van der Waals surface area contributed by atoms with Crippen LogP contribution in [0.2, 0.25) is 0 Å². The molecule has 0 aliphatic carbocycles. The molecular formula is C45H55N2O8Pd-. The van der Waals surface area contributed by atoms with E-state index in [0.717, 1.165) is 46.4 Å². The molecule has 0 spiro atoms. The van der Waals surface area contributed by atoms with Gasteiger partial charge in [-0.3, -0.25) is 0 Å². The van der Waals surface area contributed by atoms with Gasteiger partial charge in [-0.15, -0.1) is 0 Å². The molecule has 0 aromatic heterocycles. The Morgan fingerprint density at radius 1 is 0.643 bits per heavy atom. The van der Waals surface area contributed by atoms with E-state index in [1.807, 2.05) is 96.1 Å². The molecule has 10 nitrogen and oxygen atoms in total. The van der Waals surface area contributed by atoms with Crippen molar-refractivity contribution in [1.29, 1.82) is 0 Å². The van der Waals surface area contributed by atoms with Gasteiger partial charge < -0.3 is 36.2 Å². The van der Waals surface area contributed by atoms with E-state index in [4.69, 9.17) is 18.9 Å². The van der Waals surface area contributed by atoms with Crippen molar-refractivity contribution < 1.29 is 58.5 Å². The molecular weight excluding hydrogens is 803 g/mol. The maximum absolute atomic E-state index is 12.3. The minimum atomic E-state index is -0.492. The van der Waals surface area contributed by atoms with E-state index in [0.29, 0.717) is 43.2 Å². The summed E-state index contributed by atoms with van der Waals surface area (Å²) in [6.45, 7) is 13.8. The summed E-state index contributed by atoms with van der Waals surface area (Å²) in [5.74, 6) is -0.281. The number of piperidine rings is 1. The average Bonchev–Trinajstić information content (AvgIpc) is 3.15. The van der Waals surface area contributed by atoms with Gasteiger partial charge in [0.2, 0.25) is 0 Å². The second-order valence-corrected chi connectivity index (χ2v) is 15.7. The number of hydrogen-bond donors (Lipinski definition) is 0.